The number of nitrogens with one attached hydrogen (secondary N) is 1. The Hall–Kier alpha value is -2.56. The predicted octanol–water partition coefficient (Wildman–Crippen LogP) is 2.95. The second-order valence-electron chi connectivity index (χ2n) is 5.80. The molecule has 0 aliphatic heterocycles. The molecule has 0 atom stereocenters. The van der Waals surface area contributed by atoms with Crippen LogP contribution in [-0.2, 0) is 20.7 Å². The van der Waals surface area contributed by atoms with Crippen molar-refractivity contribution in [1.29, 1.82) is 0 Å². The number of hydrogen-bond acceptors (Lipinski definition) is 4. The molecule has 2 rings (SSSR count). The molecular formula is C18H21NO4. The van der Waals surface area contributed by atoms with Gasteiger partial charge in [0.25, 0.3) is 0 Å². The lowest BCUT2D eigenvalue weighted by atomic mass is 10.1. The van der Waals surface area contributed by atoms with E-state index in [0.717, 1.165) is 17.1 Å². The van der Waals surface area contributed by atoms with E-state index in [2.05, 4.69) is 10.1 Å². The van der Waals surface area contributed by atoms with Crippen LogP contribution in [0.3, 0.4) is 0 Å². The van der Waals surface area contributed by atoms with Crippen LogP contribution in [0.25, 0.3) is 11.3 Å². The highest BCUT2D eigenvalue weighted by molar-refractivity contribution is 5.87. The minimum absolute atomic E-state index is 0.224. The third-order valence-electron chi connectivity index (χ3n) is 3.47. The topological polar surface area (TPSA) is 68.5 Å². The van der Waals surface area contributed by atoms with Crippen molar-refractivity contribution in [2.75, 3.05) is 7.11 Å². The van der Waals surface area contributed by atoms with Crippen LogP contribution < -0.4 is 5.32 Å². The number of benzene rings is 1. The summed E-state index contributed by atoms with van der Waals surface area (Å²) in [6.45, 7) is 3.22. The minimum Gasteiger partial charge on any atom is -0.467 e. The van der Waals surface area contributed by atoms with E-state index in [9.17, 15) is 9.59 Å². The van der Waals surface area contributed by atoms with Crippen molar-refractivity contribution in [3.05, 3.63) is 48.2 Å². The monoisotopic (exact) mass is 315 g/mol. The Kier molecular flexibility index (Phi) is 5.21. The molecule has 0 radical (unpaired) electrons. The molecule has 1 N–H and O–H groups in total. The van der Waals surface area contributed by atoms with Gasteiger partial charge in [-0.1, -0.05) is 30.3 Å². The Morgan fingerprint density at radius 2 is 1.83 bits per heavy atom. The molecule has 2 aromatic rings. The van der Waals surface area contributed by atoms with Crippen LogP contribution in [0.5, 0.6) is 0 Å². The van der Waals surface area contributed by atoms with E-state index in [1.165, 1.54) is 7.11 Å². The van der Waals surface area contributed by atoms with Gasteiger partial charge < -0.3 is 14.5 Å². The predicted molar refractivity (Wildman–Crippen MR) is 86.7 cm³/mol. The van der Waals surface area contributed by atoms with Gasteiger partial charge in [-0.05, 0) is 26.0 Å². The Bertz CT molecular complexity index is 673. The van der Waals surface area contributed by atoms with Crippen LogP contribution in [-0.4, -0.2) is 24.5 Å². The van der Waals surface area contributed by atoms with E-state index in [0.29, 0.717) is 6.42 Å². The van der Waals surface area contributed by atoms with Gasteiger partial charge >= 0.3 is 5.97 Å². The first-order valence-electron chi connectivity index (χ1n) is 7.46. The van der Waals surface area contributed by atoms with E-state index in [-0.39, 0.29) is 12.3 Å². The summed E-state index contributed by atoms with van der Waals surface area (Å²) in [5, 5.41) is 2.66. The van der Waals surface area contributed by atoms with Crippen molar-refractivity contribution in [3.63, 3.8) is 0 Å². The smallest absolute Gasteiger partial charge is 0.330 e. The van der Waals surface area contributed by atoms with Gasteiger partial charge in [0.15, 0.2) is 0 Å². The maximum Gasteiger partial charge on any atom is 0.330 e. The maximum atomic E-state index is 12.0. The molecule has 23 heavy (non-hydrogen) atoms. The summed E-state index contributed by atoms with van der Waals surface area (Å²) in [7, 11) is 1.30. The van der Waals surface area contributed by atoms with Crippen molar-refractivity contribution >= 4 is 11.9 Å². The number of carbonyl (C=O) groups is 2. The second kappa shape index (κ2) is 7.13. The number of aryl methyl sites for hydroxylation is 1. The molecule has 0 aliphatic carbocycles. The van der Waals surface area contributed by atoms with E-state index in [4.69, 9.17) is 4.42 Å². The van der Waals surface area contributed by atoms with E-state index in [1.807, 2.05) is 42.5 Å². The first-order chi connectivity index (χ1) is 10.9. The number of ether oxygens (including phenoxy) is 1. The number of furan rings is 1. The summed E-state index contributed by atoms with van der Waals surface area (Å²) < 4.78 is 10.4. The van der Waals surface area contributed by atoms with Crippen LogP contribution >= 0.6 is 0 Å². The Morgan fingerprint density at radius 1 is 1.13 bits per heavy atom. The van der Waals surface area contributed by atoms with Crippen molar-refractivity contribution in [1.82, 2.24) is 5.32 Å². The van der Waals surface area contributed by atoms with E-state index in [1.54, 1.807) is 13.8 Å². The lowest BCUT2D eigenvalue weighted by Gasteiger charge is -2.22. The molecule has 0 saturated heterocycles. The number of esters is 1. The normalized spacial score (nSPS) is 11.1. The Morgan fingerprint density at radius 3 is 2.48 bits per heavy atom. The summed E-state index contributed by atoms with van der Waals surface area (Å²) in [5.41, 5.74) is -0.0421. The van der Waals surface area contributed by atoms with Crippen LogP contribution in [0.15, 0.2) is 46.9 Å². The number of rotatable bonds is 6. The van der Waals surface area contributed by atoms with Crippen molar-refractivity contribution in [2.45, 2.75) is 32.2 Å². The third-order valence-corrected chi connectivity index (χ3v) is 3.47. The average Bonchev–Trinajstić information content (AvgIpc) is 3.01. The van der Waals surface area contributed by atoms with Gasteiger partial charge in [-0.2, -0.15) is 0 Å². The van der Waals surface area contributed by atoms with Gasteiger partial charge in [0, 0.05) is 18.4 Å². The van der Waals surface area contributed by atoms with Crippen LogP contribution in [0.4, 0.5) is 0 Å². The molecule has 1 amide bonds. The number of methoxy groups -OCH3 is 1. The zero-order chi connectivity index (χ0) is 16.9. The summed E-state index contributed by atoms with van der Waals surface area (Å²) in [6.07, 6.45) is 0.706. The highest BCUT2D eigenvalue weighted by Crippen LogP contribution is 2.22. The fraction of sp³-hybridized carbons (Fsp3) is 0.333. The molecule has 1 heterocycles. The van der Waals surface area contributed by atoms with E-state index >= 15 is 0 Å². The van der Waals surface area contributed by atoms with Gasteiger partial charge in [0.05, 0.1) is 7.11 Å². The summed E-state index contributed by atoms with van der Waals surface area (Å²) in [6, 6.07) is 13.5. The first kappa shape index (κ1) is 16.8. The van der Waals surface area contributed by atoms with Crippen LogP contribution in [0, 0.1) is 0 Å². The zero-order valence-corrected chi connectivity index (χ0v) is 13.6. The third kappa shape index (κ3) is 4.45. The highest BCUT2D eigenvalue weighted by Gasteiger charge is 2.30. The van der Waals surface area contributed by atoms with Crippen molar-refractivity contribution in [3.8, 4) is 11.3 Å². The minimum atomic E-state index is -1.04. The lowest BCUT2D eigenvalue weighted by molar-refractivity contribution is -0.149. The van der Waals surface area contributed by atoms with Gasteiger partial charge in [0.1, 0.15) is 17.1 Å². The molecule has 122 valence electrons. The number of carbonyl (C=O) groups excluding carboxylic acids is 2. The molecule has 0 unspecified atom stereocenters. The Labute approximate surface area is 135 Å². The SMILES string of the molecule is COC(=O)C(C)(C)NC(=O)CCc1ccc(-c2ccccc2)o1. The number of amides is 1. The second-order valence-corrected chi connectivity index (χ2v) is 5.80. The quantitative estimate of drug-likeness (QED) is 0.832. The van der Waals surface area contributed by atoms with Gasteiger partial charge in [-0.15, -0.1) is 0 Å². The van der Waals surface area contributed by atoms with Crippen LogP contribution in [0.2, 0.25) is 0 Å². The molecule has 5 heteroatoms. The van der Waals surface area contributed by atoms with Gasteiger partial charge in [-0.3, -0.25) is 4.79 Å². The van der Waals surface area contributed by atoms with Gasteiger partial charge in [-0.25, -0.2) is 4.79 Å². The summed E-state index contributed by atoms with van der Waals surface area (Å²) >= 11 is 0. The molecule has 1 aromatic heterocycles. The molecule has 0 saturated carbocycles. The summed E-state index contributed by atoms with van der Waals surface area (Å²) in [5.74, 6) is 0.805. The van der Waals surface area contributed by atoms with Crippen molar-refractivity contribution in [2.24, 2.45) is 0 Å². The molecule has 5 nitrogen and oxygen atoms in total. The molecule has 0 spiro atoms. The van der Waals surface area contributed by atoms with E-state index < -0.39 is 11.5 Å². The zero-order valence-electron chi connectivity index (χ0n) is 13.6. The fourth-order valence-electron chi connectivity index (χ4n) is 2.22. The highest BCUT2D eigenvalue weighted by atomic mass is 16.5. The molecule has 0 aliphatic rings. The average molecular weight is 315 g/mol. The summed E-state index contributed by atoms with van der Waals surface area (Å²) in [4.78, 5) is 23.5. The lowest BCUT2D eigenvalue weighted by Crippen LogP contribution is -2.50. The van der Waals surface area contributed by atoms with Gasteiger partial charge in [0.2, 0.25) is 5.91 Å². The van der Waals surface area contributed by atoms with Crippen molar-refractivity contribution < 1.29 is 18.7 Å². The molecular weight excluding hydrogens is 294 g/mol. The molecule has 0 bridgehead atoms. The molecule has 1 aromatic carbocycles. The molecule has 0 fully saturated rings. The fourth-order valence-corrected chi connectivity index (χ4v) is 2.22. The maximum absolute atomic E-state index is 12.0. The number of hydrogen-bond donors (Lipinski definition) is 1. The van der Waals surface area contributed by atoms with Crippen LogP contribution in [0.1, 0.15) is 26.0 Å². The standard InChI is InChI=1S/C18H21NO4/c1-18(2,17(21)22-3)19-16(20)12-10-14-9-11-15(23-14)13-7-5-4-6-8-13/h4-9,11H,10,12H2,1-3H3,(H,19,20). The Balaban J connectivity index is 1.90. The largest absolute Gasteiger partial charge is 0.467 e. The first-order valence-corrected chi connectivity index (χ1v) is 7.46.